The van der Waals surface area contributed by atoms with Crippen LogP contribution in [0.15, 0.2) is 36.5 Å². The van der Waals surface area contributed by atoms with Crippen molar-refractivity contribution in [3.8, 4) is 11.6 Å². The minimum Gasteiger partial charge on any atom is -0.489 e. The van der Waals surface area contributed by atoms with Gasteiger partial charge in [-0.2, -0.15) is 0 Å². The van der Waals surface area contributed by atoms with Crippen molar-refractivity contribution in [1.29, 1.82) is 0 Å². The van der Waals surface area contributed by atoms with Crippen LogP contribution in [0.3, 0.4) is 0 Å². The van der Waals surface area contributed by atoms with Crippen LogP contribution in [0.25, 0.3) is 0 Å². The predicted octanol–water partition coefficient (Wildman–Crippen LogP) is 3.12. The zero-order chi connectivity index (χ0) is 13.0. The fraction of sp³-hybridized carbons (Fsp3) is 0.214. The summed E-state index contributed by atoms with van der Waals surface area (Å²) in [5.41, 5.74) is 1.42. The van der Waals surface area contributed by atoms with Crippen LogP contribution in [-0.2, 0) is 6.61 Å². The third-order valence-corrected chi connectivity index (χ3v) is 2.58. The second kappa shape index (κ2) is 5.49. The Kier molecular flexibility index (Phi) is 3.77. The molecule has 1 aromatic heterocycles. The molecule has 0 saturated carbocycles. The Bertz CT molecular complexity index is 543. The van der Waals surface area contributed by atoms with Crippen LogP contribution in [0.4, 0.5) is 4.39 Å². The van der Waals surface area contributed by atoms with E-state index in [9.17, 15) is 4.39 Å². The minimum atomic E-state index is -0.273. The van der Waals surface area contributed by atoms with Gasteiger partial charge in [0.1, 0.15) is 18.2 Å². The van der Waals surface area contributed by atoms with Crippen molar-refractivity contribution < 1.29 is 13.9 Å². The van der Waals surface area contributed by atoms with Gasteiger partial charge in [0.05, 0.1) is 12.7 Å². The van der Waals surface area contributed by atoms with E-state index in [4.69, 9.17) is 9.47 Å². The molecule has 94 valence electrons. The summed E-state index contributed by atoms with van der Waals surface area (Å²) in [5, 5.41) is 0. The van der Waals surface area contributed by atoms with Crippen molar-refractivity contribution in [3.05, 3.63) is 53.5 Å². The van der Waals surface area contributed by atoms with Gasteiger partial charge < -0.3 is 9.47 Å². The van der Waals surface area contributed by atoms with Gasteiger partial charge in [0.2, 0.25) is 5.88 Å². The van der Waals surface area contributed by atoms with Gasteiger partial charge in [-0.3, -0.25) is 0 Å². The average molecular weight is 247 g/mol. The first kappa shape index (κ1) is 12.4. The van der Waals surface area contributed by atoms with Crippen LogP contribution in [-0.4, -0.2) is 12.1 Å². The fourth-order valence-electron chi connectivity index (χ4n) is 1.54. The van der Waals surface area contributed by atoms with Gasteiger partial charge >= 0.3 is 0 Å². The van der Waals surface area contributed by atoms with Crippen LogP contribution in [0.1, 0.15) is 11.1 Å². The molecule has 0 aliphatic rings. The highest BCUT2D eigenvalue weighted by molar-refractivity contribution is 5.29. The quantitative estimate of drug-likeness (QED) is 0.831. The van der Waals surface area contributed by atoms with Gasteiger partial charge in [-0.15, -0.1) is 0 Å². The van der Waals surface area contributed by atoms with Crippen molar-refractivity contribution in [2.24, 2.45) is 0 Å². The number of aryl methyl sites for hydroxylation is 1. The number of hydrogen-bond donors (Lipinski definition) is 0. The zero-order valence-electron chi connectivity index (χ0n) is 10.3. The maximum Gasteiger partial charge on any atom is 0.219 e. The molecule has 0 aliphatic heterocycles. The van der Waals surface area contributed by atoms with Crippen molar-refractivity contribution in [3.63, 3.8) is 0 Å². The molecule has 0 fully saturated rings. The predicted molar refractivity (Wildman–Crippen MR) is 66.3 cm³/mol. The second-order valence-corrected chi connectivity index (χ2v) is 3.87. The van der Waals surface area contributed by atoms with E-state index in [2.05, 4.69) is 4.98 Å². The molecule has 0 radical (unpaired) electrons. The number of aromatic nitrogens is 1. The molecule has 3 nitrogen and oxygen atoms in total. The van der Waals surface area contributed by atoms with E-state index < -0.39 is 0 Å². The van der Waals surface area contributed by atoms with Crippen LogP contribution in [0, 0.1) is 12.7 Å². The van der Waals surface area contributed by atoms with Crippen molar-refractivity contribution in [2.45, 2.75) is 13.5 Å². The van der Waals surface area contributed by atoms with Gasteiger partial charge in [0, 0.05) is 12.3 Å². The SMILES string of the molecule is COc1ncccc1COc1ccc(C)c(F)c1. The lowest BCUT2D eigenvalue weighted by atomic mass is 10.2. The average Bonchev–Trinajstić information content (AvgIpc) is 2.40. The first-order valence-corrected chi connectivity index (χ1v) is 5.57. The Hall–Kier alpha value is -2.10. The maximum absolute atomic E-state index is 13.3. The summed E-state index contributed by atoms with van der Waals surface area (Å²) in [7, 11) is 1.55. The third kappa shape index (κ3) is 2.77. The third-order valence-electron chi connectivity index (χ3n) is 2.58. The van der Waals surface area contributed by atoms with Gasteiger partial charge in [-0.05, 0) is 30.7 Å². The molecule has 0 unspecified atom stereocenters. The van der Waals surface area contributed by atoms with Gasteiger partial charge in [-0.25, -0.2) is 9.37 Å². The van der Waals surface area contributed by atoms with Crippen molar-refractivity contribution in [1.82, 2.24) is 4.98 Å². The summed E-state index contributed by atoms with van der Waals surface area (Å²) in [6.45, 7) is 2.00. The Morgan fingerprint density at radius 1 is 1.28 bits per heavy atom. The number of pyridine rings is 1. The van der Waals surface area contributed by atoms with E-state index in [1.54, 1.807) is 38.4 Å². The molecule has 0 saturated heterocycles. The minimum absolute atomic E-state index is 0.273. The summed E-state index contributed by atoms with van der Waals surface area (Å²) < 4.78 is 24.0. The molecule has 2 aromatic rings. The van der Waals surface area contributed by atoms with Crippen LogP contribution in [0.2, 0.25) is 0 Å². The topological polar surface area (TPSA) is 31.4 Å². The number of benzene rings is 1. The lowest BCUT2D eigenvalue weighted by Gasteiger charge is -2.09. The molecule has 2 rings (SSSR count). The number of ether oxygens (including phenoxy) is 2. The Morgan fingerprint density at radius 3 is 2.83 bits per heavy atom. The molecule has 1 aromatic carbocycles. The van der Waals surface area contributed by atoms with E-state index in [0.717, 1.165) is 5.56 Å². The molecule has 0 atom stereocenters. The molecular formula is C14H14FNO2. The van der Waals surface area contributed by atoms with Crippen LogP contribution >= 0.6 is 0 Å². The number of hydrogen-bond acceptors (Lipinski definition) is 3. The van der Waals surface area contributed by atoms with Crippen LogP contribution in [0.5, 0.6) is 11.6 Å². The highest BCUT2D eigenvalue weighted by atomic mass is 19.1. The lowest BCUT2D eigenvalue weighted by Crippen LogP contribution is -2.00. The van der Waals surface area contributed by atoms with E-state index >= 15 is 0 Å². The Balaban J connectivity index is 2.09. The molecular weight excluding hydrogens is 233 g/mol. The first-order chi connectivity index (χ1) is 8.70. The normalized spacial score (nSPS) is 10.2. The molecule has 0 bridgehead atoms. The Labute approximate surface area is 105 Å². The van der Waals surface area contributed by atoms with Gasteiger partial charge in [-0.1, -0.05) is 6.07 Å². The second-order valence-electron chi connectivity index (χ2n) is 3.87. The smallest absolute Gasteiger partial charge is 0.219 e. The van der Waals surface area contributed by atoms with E-state index in [0.29, 0.717) is 23.8 Å². The number of halogens is 1. The Morgan fingerprint density at radius 2 is 2.11 bits per heavy atom. The van der Waals surface area contributed by atoms with E-state index in [-0.39, 0.29) is 5.82 Å². The molecule has 0 aliphatic carbocycles. The van der Waals surface area contributed by atoms with Gasteiger partial charge in [0.15, 0.2) is 0 Å². The molecule has 0 N–H and O–H groups in total. The zero-order valence-corrected chi connectivity index (χ0v) is 10.3. The van der Waals surface area contributed by atoms with E-state index in [1.807, 2.05) is 6.07 Å². The highest BCUT2D eigenvalue weighted by Gasteiger charge is 2.05. The summed E-state index contributed by atoms with van der Waals surface area (Å²) in [6, 6.07) is 8.46. The number of nitrogens with zero attached hydrogens (tertiary/aromatic N) is 1. The summed E-state index contributed by atoms with van der Waals surface area (Å²) in [4.78, 5) is 4.06. The summed E-state index contributed by atoms with van der Waals surface area (Å²) in [6.07, 6.45) is 1.65. The number of methoxy groups -OCH3 is 1. The monoisotopic (exact) mass is 247 g/mol. The highest BCUT2D eigenvalue weighted by Crippen LogP contribution is 2.19. The van der Waals surface area contributed by atoms with Gasteiger partial charge in [0.25, 0.3) is 0 Å². The summed E-state index contributed by atoms with van der Waals surface area (Å²) in [5.74, 6) is 0.736. The van der Waals surface area contributed by atoms with Crippen molar-refractivity contribution in [2.75, 3.05) is 7.11 Å². The first-order valence-electron chi connectivity index (χ1n) is 5.57. The molecule has 0 amide bonds. The van der Waals surface area contributed by atoms with Crippen LogP contribution < -0.4 is 9.47 Å². The fourth-order valence-corrected chi connectivity index (χ4v) is 1.54. The molecule has 4 heteroatoms. The molecule has 1 heterocycles. The standard InChI is InChI=1S/C14H14FNO2/c1-10-5-6-12(8-13(10)15)18-9-11-4-3-7-16-14(11)17-2/h3-8H,9H2,1-2H3. The van der Waals surface area contributed by atoms with Crippen molar-refractivity contribution >= 4 is 0 Å². The van der Waals surface area contributed by atoms with E-state index in [1.165, 1.54) is 6.07 Å². The lowest BCUT2D eigenvalue weighted by molar-refractivity contribution is 0.292. The largest absolute Gasteiger partial charge is 0.489 e. The summed E-state index contributed by atoms with van der Waals surface area (Å²) >= 11 is 0. The maximum atomic E-state index is 13.3. The molecule has 18 heavy (non-hydrogen) atoms. The molecule has 0 spiro atoms. The number of rotatable bonds is 4.